The van der Waals surface area contributed by atoms with E-state index in [0.29, 0.717) is 18.3 Å². The Hall–Kier alpha value is -1.65. The van der Waals surface area contributed by atoms with Crippen LogP contribution in [0.5, 0.6) is 0 Å². The second-order valence-electron chi connectivity index (χ2n) is 3.65. The number of nitrogens with zero attached hydrogens (tertiary/aromatic N) is 2. The van der Waals surface area contributed by atoms with Crippen LogP contribution in [0.1, 0.15) is 13.8 Å². The molecule has 0 aliphatic rings. The van der Waals surface area contributed by atoms with Crippen molar-refractivity contribution < 1.29 is 4.79 Å². The summed E-state index contributed by atoms with van der Waals surface area (Å²) in [5.41, 5.74) is 0. The number of hydrogen-bond acceptors (Lipinski definition) is 4. The van der Waals surface area contributed by atoms with Crippen LogP contribution < -0.4 is 10.6 Å². The summed E-state index contributed by atoms with van der Waals surface area (Å²) < 4.78 is 0. The Morgan fingerprint density at radius 3 is 2.93 bits per heavy atom. The molecule has 82 valence electrons. The minimum atomic E-state index is -0.0256. The van der Waals surface area contributed by atoms with Crippen molar-refractivity contribution in [1.29, 1.82) is 0 Å². The Bertz CT molecular complexity index is 300. The van der Waals surface area contributed by atoms with Crippen molar-refractivity contribution >= 4 is 11.7 Å². The predicted molar refractivity (Wildman–Crippen MR) is 58.4 cm³/mol. The van der Waals surface area contributed by atoms with Gasteiger partial charge >= 0.3 is 0 Å². The van der Waals surface area contributed by atoms with Gasteiger partial charge in [-0.3, -0.25) is 4.79 Å². The third-order valence-corrected chi connectivity index (χ3v) is 1.72. The maximum absolute atomic E-state index is 11.3. The van der Waals surface area contributed by atoms with Crippen molar-refractivity contribution in [2.45, 2.75) is 13.8 Å². The molecule has 0 aromatic carbocycles. The van der Waals surface area contributed by atoms with E-state index in [1.807, 2.05) is 0 Å². The van der Waals surface area contributed by atoms with Crippen molar-refractivity contribution in [2.75, 3.05) is 18.4 Å². The zero-order valence-corrected chi connectivity index (χ0v) is 9.03. The number of aromatic nitrogens is 2. The van der Waals surface area contributed by atoms with Gasteiger partial charge in [0.15, 0.2) is 0 Å². The molecule has 0 radical (unpaired) electrons. The van der Waals surface area contributed by atoms with E-state index in [9.17, 15) is 4.79 Å². The molecular weight excluding hydrogens is 192 g/mol. The van der Waals surface area contributed by atoms with Gasteiger partial charge in [0, 0.05) is 12.7 Å². The molecule has 0 aliphatic carbocycles. The van der Waals surface area contributed by atoms with Gasteiger partial charge in [0.05, 0.1) is 6.54 Å². The summed E-state index contributed by atoms with van der Waals surface area (Å²) in [6, 6.07) is 1.72. The Kier molecular flexibility index (Phi) is 4.53. The number of rotatable bonds is 5. The summed E-state index contributed by atoms with van der Waals surface area (Å²) in [5.74, 6) is 1.10. The molecule has 5 nitrogen and oxygen atoms in total. The van der Waals surface area contributed by atoms with E-state index in [-0.39, 0.29) is 12.5 Å². The van der Waals surface area contributed by atoms with Gasteiger partial charge in [0.25, 0.3) is 0 Å². The fraction of sp³-hybridized carbons (Fsp3) is 0.500. The number of carbonyl (C=O) groups is 1. The summed E-state index contributed by atoms with van der Waals surface area (Å²) in [6.07, 6.45) is 3.07. The summed E-state index contributed by atoms with van der Waals surface area (Å²) in [7, 11) is 0. The first kappa shape index (κ1) is 11.4. The topological polar surface area (TPSA) is 66.9 Å². The Labute approximate surface area is 89.3 Å². The third-order valence-electron chi connectivity index (χ3n) is 1.72. The van der Waals surface area contributed by atoms with Gasteiger partial charge in [-0.2, -0.15) is 0 Å². The first-order chi connectivity index (χ1) is 7.18. The zero-order valence-electron chi connectivity index (χ0n) is 9.03. The predicted octanol–water partition coefficient (Wildman–Crippen LogP) is 0.661. The van der Waals surface area contributed by atoms with Crippen LogP contribution in [0.2, 0.25) is 0 Å². The van der Waals surface area contributed by atoms with E-state index in [4.69, 9.17) is 0 Å². The van der Waals surface area contributed by atoms with E-state index in [2.05, 4.69) is 34.4 Å². The highest BCUT2D eigenvalue weighted by atomic mass is 16.1. The van der Waals surface area contributed by atoms with E-state index in [1.54, 1.807) is 12.3 Å². The molecule has 0 fully saturated rings. The number of nitrogens with one attached hydrogen (secondary N) is 2. The number of carbonyl (C=O) groups excluding carboxylic acids is 1. The highest BCUT2D eigenvalue weighted by Crippen LogP contribution is 1.96. The Morgan fingerprint density at radius 1 is 1.53 bits per heavy atom. The van der Waals surface area contributed by atoms with Crippen LogP contribution in [-0.2, 0) is 4.79 Å². The van der Waals surface area contributed by atoms with Gasteiger partial charge in [-0.05, 0) is 12.0 Å². The molecule has 1 amide bonds. The van der Waals surface area contributed by atoms with Gasteiger partial charge < -0.3 is 10.6 Å². The molecule has 0 atom stereocenters. The van der Waals surface area contributed by atoms with Gasteiger partial charge in [-0.1, -0.05) is 13.8 Å². The average molecular weight is 208 g/mol. The monoisotopic (exact) mass is 208 g/mol. The molecule has 5 heteroatoms. The number of hydrogen-bond donors (Lipinski definition) is 2. The largest absolute Gasteiger partial charge is 0.361 e. The molecule has 0 saturated heterocycles. The van der Waals surface area contributed by atoms with Gasteiger partial charge in [0.1, 0.15) is 12.1 Å². The smallest absolute Gasteiger partial charge is 0.239 e. The maximum Gasteiger partial charge on any atom is 0.239 e. The summed E-state index contributed by atoms with van der Waals surface area (Å²) >= 11 is 0. The molecule has 0 spiro atoms. The minimum Gasteiger partial charge on any atom is -0.361 e. The van der Waals surface area contributed by atoms with E-state index in [1.165, 1.54) is 6.33 Å². The highest BCUT2D eigenvalue weighted by Gasteiger charge is 2.01. The fourth-order valence-electron chi connectivity index (χ4n) is 0.947. The van der Waals surface area contributed by atoms with Crippen LogP contribution in [0, 0.1) is 5.92 Å². The molecule has 0 bridgehead atoms. The lowest BCUT2D eigenvalue weighted by molar-refractivity contribution is -0.119. The SMILES string of the molecule is CC(C)CNC(=O)CNc1ccncn1. The lowest BCUT2D eigenvalue weighted by atomic mass is 10.2. The Balaban J connectivity index is 2.23. The van der Waals surface area contributed by atoms with Crippen molar-refractivity contribution in [2.24, 2.45) is 5.92 Å². The molecule has 15 heavy (non-hydrogen) atoms. The normalized spacial score (nSPS) is 10.1. The van der Waals surface area contributed by atoms with E-state index < -0.39 is 0 Å². The second kappa shape index (κ2) is 5.95. The number of anilines is 1. The van der Waals surface area contributed by atoms with Crippen molar-refractivity contribution in [3.05, 3.63) is 18.6 Å². The quantitative estimate of drug-likeness (QED) is 0.746. The zero-order chi connectivity index (χ0) is 11.1. The molecule has 2 N–H and O–H groups in total. The van der Waals surface area contributed by atoms with Crippen LogP contribution in [0.15, 0.2) is 18.6 Å². The first-order valence-electron chi connectivity index (χ1n) is 4.95. The standard InChI is InChI=1S/C10H16N4O/c1-8(2)5-13-10(15)6-12-9-3-4-11-7-14-9/h3-4,7-8H,5-6H2,1-2H3,(H,13,15)(H,11,12,14). The minimum absolute atomic E-state index is 0.0256. The molecule has 1 aromatic rings. The lowest BCUT2D eigenvalue weighted by Crippen LogP contribution is -2.32. The second-order valence-corrected chi connectivity index (χ2v) is 3.65. The maximum atomic E-state index is 11.3. The molecule has 0 unspecified atom stereocenters. The van der Waals surface area contributed by atoms with Gasteiger partial charge in [0.2, 0.25) is 5.91 Å². The Morgan fingerprint density at radius 2 is 2.33 bits per heavy atom. The first-order valence-corrected chi connectivity index (χ1v) is 4.95. The van der Waals surface area contributed by atoms with Crippen molar-refractivity contribution in [1.82, 2.24) is 15.3 Å². The highest BCUT2D eigenvalue weighted by molar-refractivity contribution is 5.80. The van der Waals surface area contributed by atoms with E-state index >= 15 is 0 Å². The van der Waals surface area contributed by atoms with Gasteiger partial charge in [-0.15, -0.1) is 0 Å². The van der Waals surface area contributed by atoms with Crippen LogP contribution >= 0.6 is 0 Å². The molecule has 1 heterocycles. The van der Waals surface area contributed by atoms with E-state index in [0.717, 1.165) is 0 Å². The van der Waals surface area contributed by atoms with Crippen LogP contribution in [0.3, 0.4) is 0 Å². The van der Waals surface area contributed by atoms with Gasteiger partial charge in [-0.25, -0.2) is 9.97 Å². The molecule has 0 saturated carbocycles. The van der Waals surface area contributed by atoms with Crippen molar-refractivity contribution in [3.8, 4) is 0 Å². The fourth-order valence-corrected chi connectivity index (χ4v) is 0.947. The average Bonchev–Trinajstić information content (AvgIpc) is 2.25. The molecule has 1 aromatic heterocycles. The van der Waals surface area contributed by atoms with Crippen molar-refractivity contribution in [3.63, 3.8) is 0 Å². The molecule has 1 rings (SSSR count). The molecule has 0 aliphatic heterocycles. The van der Waals surface area contributed by atoms with Crippen LogP contribution in [0.25, 0.3) is 0 Å². The lowest BCUT2D eigenvalue weighted by Gasteiger charge is -2.08. The van der Waals surface area contributed by atoms with Crippen LogP contribution in [0.4, 0.5) is 5.82 Å². The molecular formula is C10H16N4O. The summed E-state index contributed by atoms with van der Waals surface area (Å²) in [6.45, 7) is 5.05. The van der Waals surface area contributed by atoms with Crippen LogP contribution in [-0.4, -0.2) is 29.0 Å². The summed E-state index contributed by atoms with van der Waals surface area (Å²) in [5, 5.41) is 5.71. The summed E-state index contributed by atoms with van der Waals surface area (Å²) in [4.78, 5) is 19.0. The number of amides is 1. The third kappa shape index (κ3) is 4.95.